The van der Waals surface area contributed by atoms with Crippen LogP contribution in [-0.4, -0.2) is 51.4 Å². The molecule has 0 spiro atoms. The Balaban J connectivity index is 2.28. The first kappa shape index (κ1) is 18.2. The Hall–Kier alpha value is -0.800. The van der Waals surface area contributed by atoms with E-state index in [1.165, 1.54) is 18.9 Å². The molecule has 0 aliphatic carbocycles. The molecule has 0 aliphatic rings. The summed E-state index contributed by atoms with van der Waals surface area (Å²) in [5.41, 5.74) is 6.44. The predicted octanol–water partition coefficient (Wildman–Crippen LogP) is 0.678. The minimum absolute atomic E-state index is 0.00632. The average molecular weight is 334 g/mol. The minimum atomic E-state index is -3.34. The minimum Gasteiger partial charge on any atom is -0.398 e. The summed E-state index contributed by atoms with van der Waals surface area (Å²) in [7, 11) is -1.85. The highest BCUT2D eigenvalue weighted by Crippen LogP contribution is 2.24. The number of hydrogen-bond donors (Lipinski definition) is 3. The molecule has 0 amide bonds. The Bertz CT molecular complexity index is 523. The van der Waals surface area contributed by atoms with Crippen molar-refractivity contribution in [1.82, 2.24) is 4.72 Å². The molecule has 8 heteroatoms. The molecule has 6 nitrogen and oxygen atoms in total. The molecule has 0 saturated carbocycles. The Kier molecular flexibility index (Phi) is 8.05. The molecular formula is C13H22N2O4S2. The van der Waals surface area contributed by atoms with Crippen LogP contribution in [0.1, 0.15) is 6.42 Å². The molecule has 1 aromatic rings. The van der Waals surface area contributed by atoms with Crippen molar-refractivity contribution in [2.45, 2.75) is 17.4 Å². The van der Waals surface area contributed by atoms with Crippen LogP contribution in [0.15, 0.2) is 29.2 Å². The lowest BCUT2D eigenvalue weighted by atomic mass is 10.3. The largest absolute Gasteiger partial charge is 0.398 e. The molecule has 1 unspecified atom stereocenters. The van der Waals surface area contributed by atoms with Crippen LogP contribution >= 0.6 is 11.8 Å². The van der Waals surface area contributed by atoms with Crippen LogP contribution in [0.4, 0.5) is 5.69 Å². The zero-order valence-electron chi connectivity index (χ0n) is 12.0. The van der Waals surface area contributed by atoms with E-state index in [0.717, 1.165) is 4.90 Å². The molecule has 0 saturated heterocycles. The zero-order valence-corrected chi connectivity index (χ0v) is 13.6. The maximum absolute atomic E-state index is 11.8. The van der Waals surface area contributed by atoms with Crippen LogP contribution < -0.4 is 10.5 Å². The highest BCUT2D eigenvalue weighted by atomic mass is 32.2. The number of methoxy groups -OCH3 is 1. The summed E-state index contributed by atoms with van der Waals surface area (Å²) in [5, 5.41) is 9.42. The second kappa shape index (κ2) is 9.26. The van der Waals surface area contributed by atoms with E-state index in [2.05, 4.69) is 4.72 Å². The number of nitrogens with two attached hydrogens (primary N) is 1. The zero-order chi connectivity index (χ0) is 15.7. The molecule has 1 aromatic carbocycles. The maximum Gasteiger partial charge on any atom is 0.212 e. The number of thioether (sulfide) groups is 1. The fourth-order valence-corrected chi connectivity index (χ4v) is 4.02. The van der Waals surface area contributed by atoms with Gasteiger partial charge in [-0.1, -0.05) is 12.1 Å². The number of benzene rings is 1. The van der Waals surface area contributed by atoms with Gasteiger partial charge < -0.3 is 15.6 Å². The number of nitrogen functional groups attached to an aromatic ring is 1. The van der Waals surface area contributed by atoms with Gasteiger partial charge in [-0.25, -0.2) is 13.1 Å². The van der Waals surface area contributed by atoms with Crippen molar-refractivity contribution in [2.75, 3.05) is 37.5 Å². The SMILES string of the molecule is COCC(O)CCNS(=O)(=O)CCSc1ccccc1N. The molecule has 1 rings (SSSR count). The summed E-state index contributed by atoms with van der Waals surface area (Å²) in [5.74, 6) is 0.427. The smallest absolute Gasteiger partial charge is 0.212 e. The summed E-state index contributed by atoms with van der Waals surface area (Å²) in [4.78, 5) is 0.878. The highest BCUT2D eigenvalue weighted by Gasteiger charge is 2.11. The third-order valence-electron chi connectivity index (χ3n) is 2.69. The lowest BCUT2D eigenvalue weighted by Gasteiger charge is -2.10. The van der Waals surface area contributed by atoms with E-state index >= 15 is 0 Å². The van der Waals surface area contributed by atoms with Crippen molar-refractivity contribution in [3.8, 4) is 0 Å². The Morgan fingerprint density at radius 3 is 2.81 bits per heavy atom. The van der Waals surface area contributed by atoms with E-state index in [1.54, 1.807) is 6.07 Å². The lowest BCUT2D eigenvalue weighted by Crippen LogP contribution is -2.31. The lowest BCUT2D eigenvalue weighted by molar-refractivity contribution is 0.0603. The van der Waals surface area contributed by atoms with Gasteiger partial charge >= 0.3 is 0 Å². The summed E-state index contributed by atoms with van der Waals surface area (Å²) >= 11 is 1.41. The van der Waals surface area contributed by atoms with Crippen molar-refractivity contribution in [3.05, 3.63) is 24.3 Å². The van der Waals surface area contributed by atoms with Gasteiger partial charge in [0.15, 0.2) is 0 Å². The average Bonchev–Trinajstić information content (AvgIpc) is 2.41. The number of ether oxygens (including phenoxy) is 1. The van der Waals surface area contributed by atoms with Gasteiger partial charge in [-0.2, -0.15) is 0 Å². The molecular weight excluding hydrogens is 312 g/mol. The quantitative estimate of drug-likeness (QED) is 0.429. The summed E-state index contributed by atoms with van der Waals surface area (Å²) in [6.07, 6.45) is -0.331. The number of nitrogens with one attached hydrogen (secondary N) is 1. The van der Waals surface area contributed by atoms with Gasteiger partial charge in [0.05, 0.1) is 18.5 Å². The molecule has 120 valence electrons. The maximum atomic E-state index is 11.8. The first-order valence-corrected chi connectivity index (χ1v) is 9.20. The van der Waals surface area contributed by atoms with Crippen molar-refractivity contribution < 1.29 is 18.3 Å². The fraction of sp³-hybridized carbons (Fsp3) is 0.538. The molecule has 0 aromatic heterocycles. The van der Waals surface area contributed by atoms with Gasteiger partial charge in [0.25, 0.3) is 0 Å². The van der Waals surface area contributed by atoms with Crippen molar-refractivity contribution in [3.63, 3.8) is 0 Å². The summed E-state index contributed by atoms with van der Waals surface area (Å²) in [6, 6.07) is 7.35. The number of aliphatic hydroxyl groups is 1. The fourth-order valence-electron chi connectivity index (χ4n) is 1.60. The van der Waals surface area contributed by atoms with Crippen molar-refractivity contribution in [1.29, 1.82) is 0 Å². The number of aliphatic hydroxyl groups excluding tert-OH is 1. The molecule has 0 bridgehead atoms. The second-order valence-corrected chi connectivity index (χ2v) is 7.56. The van der Waals surface area contributed by atoms with Crippen LogP contribution in [-0.2, 0) is 14.8 Å². The van der Waals surface area contributed by atoms with Gasteiger partial charge in [0, 0.05) is 30.0 Å². The number of hydrogen-bond acceptors (Lipinski definition) is 6. The van der Waals surface area contributed by atoms with Crippen LogP contribution in [0.25, 0.3) is 0 Å². The topological polar surface area (TPSA) is 102 Å². The van der Waals surface area contributed by atoms with Gasteiger partial charge in [0.1, 0.15) is 0 Å². The third-order valence-corrected chi connectivity index (χ3v) is 5.42. The molecule has 1 atom stereocenters. The molecule has 0 aliphatic heterocycles. The Morgan fingerprint density at radius 1 is 1.43 bits per heavy atom. The van der Waals surface area contributed by atoms with Gasteiger partial charge in [-0.3, -0.25) is 0 Å². The van der Waals surface area contributed by atoms with Crippen molar-refractivity contribution >= 4 is 27.5 Å². The highest BCUT2D eigenvalue weighted by molar-refractivity contribution is 8.00. The van der Waals surface area contributed by atoms with Crippen LogP contribution in [0, 0.1) is 0 Å². The Labute approximate surface area is 130 Å². The van der Waals surface area contributed by atoms with Gasteiger partial charge in [-0.05, 0) is 18.6 Å². The Morgan fingerprint density at radius 2 is 2.14 bits per heavy atom. The molecule has 21 heavy (non-hydrogen) atoms. The molecule has 0 heterocycles. The number of rotatable bonds is 10. The number of sulfonamides is 1. The third kappa shape index (κ3) is 7.68. The van der Waals surface area contributed by atoms with Gasteiger partial charge in [-0.15, -0.1) is 11.8 Å². The number of para-hydroxylation sites is 1. The monoisotopic (exact) mass is 334 g/mol. The second-order valence-electron chi connectivity index (χ2n) is 4.50. The van der Waals surface area contributed by atoms with Gasteiger partial charge in [0.2, 0.25) is 10.0 Å². The summed E-state index contributed by atoms with van der Waals surface area (Å²) in [6.45, 7) is 0.399. The van der Waals surface area contributed by atoms with E-state index in [1.807, 2.05) is 18.2 Å². The predicted molar refractivity (Wildman–Crippen MR) is 85.9 cm³/mol. The first-order chi connectivity index (χ1) is 9.94. The first-order valence-electron chi connectivity index (χ1n) is 6.56. The van der Waals surface area contributed by atoms with Crippen molar-refractivity contribution in [2.24, 2.45) is 0 Å². The number of anilines is 1. The van der Waals surface area contributed by atoms with E-state index in [0.29, 0.717) is 17.9 Å². The van der Waals surface area contributed by atoms with Crippen LogP contribution in [0.3, 0.4) is 0 Å². The van der Waals surface area contributed by atoms with E-state index in [-0.39, 0.29) is 18.9 Å². The van der Waals surface area contributed by atoms with Crippen LogP contribution in [0.5, 0.6) is 0 Å². The van der Waals surface area contributed by atoms with E-state index in [9.17, 15) is 13.5 Å². The van der Waals surface area contributed by atoms with Crippen LogP contribution in [0.2, 0.25) is 0 Å². The molecule has 0 radical (unpaired) electrons. The van der Waals surface area contributed by atoms with E-state index < -0.39 is 16.1 Å². The summed E-state index contributed by atoms with van der Waals surface area (Å²) < 4.78 is 30.8. The molecule has 4 N–H and O–H groups in total. The van der Waals surface area contributed by atoms with E-state index in [4.69, 9.17) is 10.5 Å². The normalized spacial score (nSPS) is 13.2. The standard InChI is InChI=1S/C13H22N2O4S2/c1-19-10-11(16)6-7-15-21(17,18)9-8-20-13-5-3-2-4-12(13)14/h2-5,11,15-16H,6-10,14H2,1H3. The molecule has 0 fully saturated rings.